The van der Waals surface area contributed by atoms with Gasteiger partial charge in [0.15, 0.2) is 0 Å². The Kier molecular flexibility index (Phi) is 2.83. The van der Waals surface area contributed by atoms with Gasteiger partial charge in [0.05, 0.1) is 16.4 Å². The third-order valence-corrected chi connectivity index (χ3v) is 3.00. The molecule has 2 aromatic heterocycles. The van der Waals surface area contributed by atoms with Gasteiger partial charge in [0.25, 0.3) is 0 Å². The molecule has 0 aliphatic heterocycles. The average Bonchev–Trinajstić information content (AvgIpc) is 2.72. The minimum absolute atomic E-state index is 0.163. The number of nitrogens with zero attached hydrogens (tertiary/aromatic N) is 3. The summed E-state index contributed by atoms with van der Waals surface area (Å²) in [5, 5.41) is 7.25. The normalized spacial score (nSPS) is 13.0. The highest BCUT2D eigenvalue weighted by Gasteiger charge is 2.08. The van der Waals surface area contributed by atoms with Gasteiger partial charge in [-0.25, -0.2) is 4.98 Å². The van der Waals surface area contributed by atoms with E-state index < -0.39 is 0 Å². The SMILES string of the molecule is CC(N)Cc1nc(-c2ccnn2C)cs1. The van der Waals surface area contributed by atoms with Gasteiger partial charge in [-0.1, -0.05) is 0 Å². The third-order valence-electron chi connectivity index (χ3n) is 2.13. The van der Waals surface area contributed by atoms with Crippen molar-refractivity contribution in [3.63, 3.8) is 0 Å². The second-order valence-electron chi connectivity index (χ2n) is 3.65. The highest BCUT2D eigenvalue weighted by molar-refractivity contribution is 7.09. The van der Waals surface area contributed by atoms with E-state index in [4.69, 9.17) is 5.73 Å². The molecule has 0 fully saturated rings. The van der Waals surface area contributed by atoms with E-state index in [-0.39, 0.29) is 6.04 Å². The van der Waals surface area contributed by atoms with Crippen molar-refractivity contribution in [3.8, 4) is 11.4 Å². The fourth-order valence-electron chi connectivity index (χ4n) is 1.42. The maximum atomic E-state index is 5.73. The summed E-state index contributed by atoms with van der Waals surface area (Å²) in [6.45, 7) is 1.99. The molecular weight excluding hydrogens is 208 g/mol. The lowest BCUT2D eigenvalue weighted by Crippen LogP contribution is -2.17. The lowest BCUT2D eigenvalue weighted by molar-refractivity contribution is 0.733. The predicted molar refractivity (Wildman–Crippen MR) is 61.7 cm³/mol. The Morgan fingerprint density at radius 1 is 1.60 bits per heavy atom. The minimum atomic E-state index is 0.163. The van der Waals surface area contributed by atoms with Crippen molar-refractivity contribution in [2.24, 2.45) is 12.8 Å². The summed E-state index contributed by atoms with van der Waals surface area (Å²) < 4.78 is 1.82. The molecule has 1 unspecified atom stereocenters. The van der Waals surface area contributed by atoms with Crippen molar-refractivity contribution in [3.05, 3.63) is 22.7 Å². The van der Waals surface area contributed by atoms with Crippen LogP contribution in [0.1, 0.15) is 11.9 Å². The molecule has 2 heterocycles. The van der Waals surface area contributed by atoms with Crippen molar-refractivity contribution in [1.29, 1.82) is 0 Å². The first kappa shape index (κ1) is 10.3. The molecule has 4 nitrogen and oxygen atoms in total. The molecule has 2 aromatic rings. The van der Waals surface area contributed by atoms with Crippen LogP contribution in [0, 0.1) is 0 Å². The number of nitrogens with two attached hydrogens (primary N) is 1. The molecule has 15 heavy (non-hydrogen) atoms. The quantitative estimate of drug-likeness (QED) is 0.854. The molecule has 0 spiro atoms. The molecule has 0 aliphatic rings. The van der Waals surface area contributed by atoms with Gasteiger partial charge in [-0.05, 0) is 13.0 Å². The largest absolute Gasteiger partial charge is 0.328 e. The van der Waals surface area contributed by atoms with E-state index in [1.807, 2.05) is 24.7 Å². The Morgan fingerprint density at radius 3 is 3.00 bits per heavy atom. The van der Waals surface area contributed by atoms with Gasteiger partial charge in [-0.2, -0.15) is 5.10 Å². The van der Waals surface area contributed by atoms with Gasteiger partial charge in [0.1, 0.15) is 0 Å². The fourth-order valence-corrected chi connectivity index (χ4v) is 2.35. The van der Waals surface area contributed by atoms with Crippen LogP contribution in [0.2, 0.25) is 0 Å². The first-order chi connectivity index (χ1) is 7.16. The second-order valence-corrected chi connectivity index (χ2v) is 4.59. The summed E-state index contributed by atoms with van der Waals surface area (Å²) in [6.07, 6.45) is 2.61. The molecular formula is C10H14N4S. The van der Waals surface area contributed by atoms with Crippen molar-refractivity contribution in [2.75, 3.05) is 0 Å². The van der Waals surface area contributed by atoms with Crippen LogP contribution in [0.15, 0.2) is 17.6 Å². The smallest absolute Gasteiger partial charge is 0.0995 e. The number of rotatable bonds is 3. The maximum Gasteiger partial charge on any atom is 0.0995 e. The van der Waals surface area contributed by atoms with Crippen molar-refractivity contribution >= 4 is 11.3 Å². The summed E-state index contributed by atoms with van der Waals surface area (Å²) >= 11 is 1.65. The number of aryl methyl sites for hydroxylation is 1. The van der Waals surface area contributed by atoms with E-state index in [1.54, 1.807) is 17.5 Å². The van der Waals surface area contributed by atoms with Crippen LogP contribution in [-0.4, -0.2) is 20.8 Å². The summed E-state index contributed by atoms with van der Waals surface area (Å²) in [5.74, 6) is 0. The molecule has 0 amide bonds. The minimum Gasteiger partial charge on any atom is -0.328 e. The van der Waals surface area contributed by atoms with Crippen LogP contribution in [0.25, 0.3) is 11.4 Å². The zero-order valence-electron chi connectivity index (χ0n) is 8.84. The Bertz CT molecular complexity index is 444. The molecule has 0 radical (unpaired) electrons. The van der Waals surface area contributed by atoms with Gasteiger partial charge in [-0.3, -0.25) is 4.68 Å². The Hall–Kier alpha value is -1.20. The van der Waals surface area contributed by atoms with Gasteiger partial charge < -0.3 is 5.73 Å². The van der Waals surface area contributed by atoms with Crippen molar-refractivity contribution in [2.45, 2.75) is 19.4 Å². The van der Waals surface area contributed by atoms with E-state index in [0.717, 1.165) is 22.8 Å². The van der Waals surface area contributed by atoms with Crippen LogP contribution in [-0.2, 0) is 13.5 Å². The van der Waals surface area contributed by atoms with Crippen molar-refractivity contribution < 1.29 is 0 Å². The van der Waals surface area contributed by atoms with Gasteiger partial charge >= 0.3 is 0 Å². The summed E-state index contributed by atoms with van der Waals surface area (Å²) in [6, 6.07) is 2.13. The molecule has 0 bridgehead atoms. The monoisotopic (exact) mass is 222 g/mol. The standard InChI is InChI=1S/C10H14N4S/c1-7(11)5-10-13-8(6-15-10)9-3-4-12-14(9)2/h3-4,6-7H,5,11H2,1-2H3. The zero-order valence-corrected chi connectivity index (χ0v) is 9.66. The van der Waals surface area contributed by atoms with Crippen LogP contribution < -0.4 is 5.73 Å². The average molecular weight is 222 g/mol. The molecule has 0 aliphatic carbocycles. The van der Waals surface area contributed by atoms with Crippen LogP contribution in [0.4, 0.5) is 0 Å². The van der Waals surface area contributed by atoms with E-state index in [2.05, 4.69) is 15.5 Å². The fraction of sp³-hybridized carbons (Fsp3) is 0.400. The van der Waals surface area contributed by atoms with E-state index in [1.165, 1.54) is 0 Å². The van der Waals surface area contributed by atoms with Gasteiger partial charge in [-0.15, -0.1) is 11.3 Å². The molecule has 2 N–H and O–H groups in total. The predicted octanol–water partition coefficient (Wildman–Crippen LogP) is 1.43. The lowest BCUT2D eigenvalue weighted by atomic mass is 10.2. The van der Waals surface area contributed by atoms with E-state index >= 15 is 0 Å². The molecule has 0 saturated heterocycles. The van der Waals surface area contributed by atoms with Crippen LogP contribution >= 0.6 is 11.3 Å². The maximum absolute atomic E-state index is 5.73. The molecule has 5 heteroatoms. The zero-order chi connectivity index (χ0) is 10.8. The van der Waals surface area contributed by atoms with Gasteiger partial charge in [0, 0.05) is 31.1 Å². The molecule has 0 aromatic carbocycles. The first-order valence-corrected chi connectivity index (χ1v) is 5.73. The summed E-state index contributed by atoms with van der Waals surface area (Å²) in [4.78, 5) is 4.53. The van der Waals surface area contributed by atoms with Crippen LogP contribution in [0.5, 0.6) is 0 Å². The number of thiazole rings is 1. The third kappa shape index (κ3) is 2.24. The summed E-state index contributed by atoms with van der Waals surface area (Å²) in [5.41, 5.74) is 7.76. The Balaban J connectivity index is 2.24. The van der Waals surface area contributed by atoms with E-state index in [0.29, 0.717) is 0 Å². The number of hydrogen-bond donors (Lipinski definition) is 1. The first-order valence-electron chi connectivity index (χ1n) is 4.85. The molecule has 0 saturated carbocycles. The second kappa shape index (κ2) is 4.12. The summed E-state index contributed by atoms with van der Waals surface area (Å²) in [7, 11) is 1.92. The Labute approximate surface area is 92.8 Å². The number of aromatic nitrogens is 3. The van der Waals surface area contributed by atoms with E-state index in [9.17, 15) is 0 Å². The molecule has 1 atom stereocenters. The number of hydrogen-bond acceptors (Lipinski definition) is 4. The Morgan fingerprint density at radius 2 is 2.40 bits per heavy atom. The highest BCUT2D eigenvalue weighted by Crippen LogP contribution is 2.21. The van der Waals surface area contributed by atoms with Crippen LogP contribution in [0.3, 0.4) is 0 Å². The molecule has 80 valence electrons. The topological polar surface area (TPSA) is 56.7 Å². The lowest BCUT2D eigenvalue weighted by Gasteiger charge is -1.99. The van der Waals surface area contributed by atoms with Crippen molar-refractivity contribution in [1.82, 2.24) is 14.8 Å². The highest BCUT2D eigenvalue weighted by atomic mass is 32.1. The van der Waals surface area contributed by atoms with Gasteiger partial charge in [0.2, 0.25) is 0 Å². The molecule has 2 rings (SSSR count).